The van der Waals surface area contributed by atoms with Crippen LogP contribution in [0.4, 0.5) is 0 Å². The number of likely N-dealkylation sites (N-methyl/N-ethyl adjacent to an activating group) is 1. The summed E-state index contributed by atoms with van der Waals surface area (Å²) in [5.74, 6) is 0. The topological polar surface area (TPSA) is 53.8 Å². The molecule has 1 aliphatic rings. The Labute approximate surface area is 59.7 Å². The van der Waals surface area contributed by atoms with Crippen LogP contribution < -0.4 is 5.32 Å². The molecule has 4 nitrogen and oxygen atoms in total. The third kappa shape index (κ3) is 1.60. The zero-order valence-corrected chi connectivity index (χ0v) is 6.16. The molecule has 0 aliphatic carbocycles. The Hall–Kier alpha value is -0.770. The van der Waals surface area contributed by atoms with Crippen molar-refractivity contribution in [3.63, 3.8) is 0 Å². The van der Waals surface area contributed by atoms with E-state index in [4.69, 9.17) is 0 Å². The fraction of sp³-hybridized carbons (Fsp3) is 0.833. The first kappa shape index (κ1) is 7.34. The summed E-state index contributed by atoms with van der Waals surface area (Å²) in [5, 5.41) is 10.5. The largest absolute Gasteiger partial charge is 0.311 e. The molecular weight excluding hydrogens is 130 g/mol. The van der Waals surface area contributed by atoms with E-state index in [9.17, 15) is 4.79 Å². The van der Waals surface area contributed by atoms with E-state index < -0.39 is 0 Å². The number of hydrogen-bond acceptors (Lipinski definition) is 4. The first-order chi connectivity index (χ1) is 4.70. The molecule has 1 aliphatic heterocycles. The Kier molecular flexibility index (Phi) is 1.80. The van der Waals surface area contributed by atoms with Crippen molar-refractivity contribution in [3.8, 4) is 0 Å². The molecule has 0 amide bonds. The van der Waals surface area contributed by atoms with Gasteiger partial charge in [0.1, 0.15) is 6.29 Å². The van der Waals surface area contributed by atoms with E-state index in [0.717, 1.165) is 6.29 Å². The molecule has 0 unspecified atom stereocenters. The molecule has 1 heterocycles. The fourth-order valence-corrected chi connectivity index (χ4v) is 0.802. The van der Waals surface area contributed by atoms with Crippen LogP contribution in [0.1, 0.15) is 13.3 Å². The van der Waals surface area contributed by atoms with Gasteiger partial charge in [0, 0.05) is 6.42 Å². The van der Waals surface area contributed by atoms with Crippen LogP contribution in [0.25, 0.3) is 0 Å². The average molecular weight is 141 g/mol. The lowest BCUT2D eigenvalue weighted by Gasteiger charge is -2.09. The van der Waals surface area contributed by atoms with E-state index in [1.165, 1.54) is 0 Å². The molecule has 0 bridgehead atoms. The van der Waals surface area contributed by atoms with Gasteiger partial charge >= 0.3 is 0 Å². The molecule has 0 saturated carbocycles. The van der Waals surface area contributed by atoms with Gasteiger partial charge < -0.3 is 10.1 Å². The van der Waals surface area contributed by atoms with Crippen LogP contribution in [0.5, 0.6) is 0 Å². The summed E-state index contributed by atoms with van der Waals surface area (Å²) < 4.78 is 0. The van der Waals surface area contributed by atoms with Gasteiger partial charge in [-0.25, -0.2) is 0 Å². The van der Waals surface area contributed by atoms with Crippen LogP contribution in [-0.2, 0) is 4.79 Å². The van der Waals surface area contributed by atoms with Crippen LogP contribution in [0.15, 0.2) is 10.2 Å². The molecule has 0 spiro atoms. The standard InChI is InChI=1S/C6H11N3O/c1-6(8-9-6)3-5(4-10)7-2/h4-5,7H,3H2,1-2H3/t5-/m0/s1. The summed E-state index contributed by atoms with van der Waals surface area (Å²) in [6.07, 6.45) is 1.56. The number of nitrogens with one attached hydrogen (secondary N) is 1. The van der Waals surface area contributed by atoms with Gasteiger partial charge in [-0.2, -0.15) is 10.2 Å². The molecule has 0 aromatic heterocycles. The summed E-state index contributed by atoms with van der Waals surface area (Å²) in [6, 6.07) is -0.111. The lowest BCUT2D eigenvalue weighted by molar-refractivity contribution is -0.109. The second kappa shape index (κ2) is 2.46. The second-order valence-electron chi connectivity index (χ2n) is 2.65. The van der Waals surface area contributed by atoms with Crippen molar-refractivity contribution < 1.29 is 4.79 Å². The van der Waals surface area contributed by atoms with Crippen molar-refractivity contribution in [2.24, 2.45) is 10.2 Å². The van der Waals surface area contributed by atoms with Crippen LogP contribution in [-0.4, -0.2) is 25.0 Å². The lowest BCUT2D eigenvalue weighted by atomic mass is 10.1. The molecule has 0 saturated heterocycles. The van der Waals surface area contributed by atoms with Gasteiger partial charge in [-0.3, -0.25) is 0 Å². The van der Waals surface area contributed by atoms with Crippen molar-refractivity contribution in [1.82, 2.24) is 5.32 Å². The summed E-state index contributed by atoms with van der Waals surface area (Å²) in [6.45, 7) is 1.90. The van der Waals surface area contributed by atoms with Crippen molar-refractivity contribution >= 4 is 6.29 Å². The minimum atomic E-state index is -0.269. The van der Waals surface area contributed by atoms with Gasteiger partial charge in [0.25, 0.3) is 0 Å². The first-order valence-corrected chi connectivity index (χ1v) is 3.27. The molecule has 10 heavy (non-hydrogen) atoms. The smallest absolute Gasteiger partial charge is 0.190 e. The monoisotopic (exact) mass is 141 g/mol. The van der Waals surface area contributed by atoms with Crippen LogP contribution in [0.3, 0.4) is 0 Å². The molecule has 1 N–H and O–H groups in total. The number of nitrogens with zero attached hydrogens (tertiary/aromatic N) is 2. The predicted molar refractivity (Wildman–Crippen MR) is 36.8 cm³/mol. The SMILES string of the molecule is CN[C@H](C=O)CC1(C)N=N1. The van der Waals surface area contributed by atoms with E-state index in [2.05, 4.69) is 15.5 Å². The minimum Gasteiger partial charge on any atom is -0.311 e. The van der Waals surface area contributed by atoms with E-state index in [1.807, 2.05) is 6.92 Å². The van der Waals surface area contributed by atoms with E-state index in [-0.39, 0.29) is 11.7 Å². The molecule has 0 radical (unpaired) electrons. The quantitative estimate of drug-likeness (QED) is 0.574. The average Bonchev–Trinajstić information content (AvgIpc) is 2.64. The van der Waals surface area contributed by atoms with E-state index >= 15 is 0 Å². The highest BCUT2D eigenvalue weighted by Gasteiger charge is 2.35. The number of carbonyl (C=O) groups is 1. The fourth-order valence-electron chi connectivity index (χ4n) is 0.802. The summed E-state index contributed by atoms with van der Waals surface area (Å²) >= 11 is 0. The Morgan fingerprint density at radius 1 is 1.70 bits per heavy atom. The Morgan fingerprint density at radius 2 is 2.30 bits per heavy atom. The van der Waals surface area contributed by atoms with Crippen LogP contribution in [0, 0.1) is 0 Å². The van der Waals surface area contributed by atoms with Crippen molar-refractivity contribution in [2.45, 2.75) is 25.0 Å². The highest BCUT2D eigenvalue weighted by molar-refractivity contribution is 5.57. The minimum absolute atomic E-state index is 0.111. The van der Waals surface area contributed by atoms with Crippen LogP contribution >= 0.6 is 0 Å². The Morgan fingerprint density at radius 3 is 2.60 bits per heavy atom. The maximum Gasteiger partial charge on any atom is 0.190 e. The third-order valence-corrected chi connectivity index (χ3v) is 1.58. The van der Waals surface area contributed by atoms with Crippen molar-refractivity contribution in [1.29, 1.82) is 0 Å². The number of hydrogen-bond donors (Lipinski definition) is 1. The lowest BCUT2D eigenvalue weighted by Crippen LogP contribution is -2.31. The molecule has 0 aromatic rings. The predicted octanol–water partition coefficient (Wildman–Crippen LogP) is 0.345. The molecular formula is C6H11N3O. The number of carbonyl (C=O) groups excluding carboxylic acids is 1. The van der Waals surface area contributed by atoms with Crippen LogP contribution in [0.2, 0.25) is 0 Å². The number of aldehydes is 1. The molecule has 56 valence electrons. The zero-order chi connectivity index (χ0) is 7.61. The molecule has 1 rings (SSSR count). The number of rotatable bonds is 4. The Balaban J connectivity index is 2.28. The summed E-state index contributed by atoms with van der Waals surface area (Å²) in [4.78, 5) is 10.3. The summed E-state index contributed by atoms with van der Waals surface area (Å²) in [7, 11) is 1.75. The maximum atomic E-state index is 10.3. The molecule has 1 atom stereocenters. The zero-order valence-electron chi connectivity index (χ0n) is 6.16. The van der Waals surface area contributed by atoms with Gasteiger partial charge in [-0.05, 0) is 14.0 Å². The van der Waals surface area contributed by atoms with Gasteiger partial charge in [0.2, 0.25) is 0 Å². The Bertz CT molecular complexity index is 160. The van der Waals surface area contributed by atoms with Gasteiger partial charge in [0.15, 0.2) is 5.66 Å². The summed E-state index contributed by atoms with van der Waals surface area (Å²) in [5.41, 5.74) is -0.269. The van der Waals surface area contributed by atoms with Gasteiger partial charge in [-0.15, -0.1) is 0 Å². The third-order valence-electron chi connectivity index (χ3n) is 1.58. The highest BCUT2D eigenvalue weighted by Crippen LogP contribution is 2.31. The van der Waals surface area contributed by atoms with Crippen molar-refractivity contribution in [2.75, 3.05) is 7.05 Å². The second-order valence-corrected chi connectivity index (χ2v) is 2.65. The van der Waals surface area contributed by atoms with Gasteiger partial charge in [-0.1, -0.05) is 0 Å². The van der Waals surface area contributed by atoms with E-state index in [0.29, 0.717) is 6.42 Å². The molecule has 4 heteroatoms. The van der Waals surface area contributed by atoms with E-state index in [1.54, 1.807) is 7.05 Å². The normalized spacial score (nSPS) is 22.2. The van der Waals surface area contributed by atoms with Crippen molar-refractivity contribution in [3.05, 3.63) is 0 Å². The van der Waals surface area contributed by atoms with Gasteiger partial charge in [0.05, 0.1) is 6.04 Å². The maximum absolute atomic E-state index is 10.3. The first-order valence-electron chi connectivity index (χ1n) is 3.27. The highest BCUT2D eigenvalue weighted by atomic mass is 16.1. The molecule has 0 aromatic carbocycles. The molecule has 0 fully saturated rings.